The predicted molar refractivity (Wildman–Crippen MR) is 120 cm³/mol. The maximum atomic E-state index is 10.00. The standard InChI is InChI=1S/C12H22O11.C6H12O6.H3O4P/c13-1-4-6(16)8(18)9(19)11(21-4)23-12(3-15)10(20)7(17)5(2-14)22-12;7-1-3(9)5(11)6(12)4(10)2-8;1-5(2,3)4/h4-11,13-20H,1-3H2;1,3-6,8-12H,2H2;(H3,1,2,3,4)/t4-,5-,6-,7-,8+,9-,10+,11-,12+;3-,4+,5+,6+;/m10./s1. The molecule has 2 saturated heterocycles. The Hall–Kier alpha value is -0.860. The molecule has 2 fully saturated rings. The van der Waals surface area contributed by atoms with E-state index in [1.54, 1.807) is 0 Å². The molecule has 2 aliphatic rings. The molecule has 0 saturated carbocycles. The van der Waals surface area contributed by atoms with Gasteiger partial charge in [-0.25, -0.2) is 4.57 Å². The van der Waals surface area contributed by atoms with Crippen LogP contribution in [0.4, 0.5) is 0 Å². The summed E-state index contributed by atoms with van der Waals surface area (Å²) in [5, 5.41) is 120. The Labute approximate surface area is 225 Å². The Balaban J connectivity index is 0.000000748. The molecule has 16 N–H and O–H groups in total. The average Bonchev–Trinajstić information content (AvgIpc) is 3.15. The molecule has 240 valence electrons. The number of hydrogen-bond donors (Lipinski definition) is 16. The van der Waals surface area contributed by atoms with Crippen LogP contribution in [0, 0.1) is 0 Å². The number of aldehydes is 1. The van der Waals surface area contributed by atoms with Crippen LogP contribution in [0.5, 0.6) is 0 Å². The van der Waals surface area contributed by atoms with Gasteiger partial charge in [-0.15, -0.1) is 0 Å². The minimum absolute atomic E-state index is 0.0258. The third kappa shape index (κ3) is 11.1. The first-order chi connectivity index (χ1) is 18.3. The fourth-order valence-electron chi connectivity index (χ4n) is 3.25. The molecule has 40 heavy (non-hydrogen) atoms. The van der Waals surface area contributed by atoms with Crippen molar-refractivity contribution in [2.24, 2.45) is 0 Å². The average molecular weight is 620 g/mol. The largest absolute Gasteiger partial charge is 0.466 e. The molecule has 0 aromatic heterocycles. The van der Waals surface area contributed by atoms with Crippen molar-refractivity contribution in [3.8, 4) is 0 Å². The molecule has 0 spiro atoms. The first-order valence-electron chi connectivity index (χ1n) is 11.2. The van der Waals surface area contributed by atoms with Crippen molar-refractivity contribution in [1.29, 1.82) is 0 Å². The summed E-state index contributed by atoms with van der Waals surface area (Å²) >= 11 is 0. The quantitative estimate of drug-likeness (QED) is 0.0795. The van der Waals surface area contributed by atoms with Crippen LogP contribution in [0.25, 0.3) is 0 Å². The molecule has 2 aliphatic heterocycles. The SMILES string of the molecule is O=C[C@H](O)[C@@H](O)[C@H](O)[C@H](O)CO.O=P(O)(O)O.OC[C@H]1O[C@@](CO)(O[C@H]2O[C@H](CO)[C@@H](O)[C@H](O)[C@H]2O)[C@@H](O)[C@@H]1O. The van der Waals surface area contributed by atoms with E-state index in [4.69, 9.17) is 69.2 Å². The lowest BCUT2D eigenvalue weighted by atomic mass is 9.99. The Morgan fingerprint density at radius 1 is 0.800 bits per heavy atom. The molecule has 21 nitrogen and oxygen atoms in total. The topological polar surface area (TPSA) is 386 Å². The van der Waals surface area contributed by atoms with E-state index >= 15 is 0 Å². The monoisotopic (exact) mass is 620 g/mol. The van der Waals surface area contributed by atoms with Crippen molar-refractivity contribution < 1.29 is 105 Å². The number of carbonyl (C=O) groups is 1. The molecule has 0 radical (unpaired) electrons. The van der Waals surface area contributed by atoms with Crippen LogP contribution in [0.15, 0.2) is 0 Å². The second kappa shape index (κ2) is 17.3. The second-order valence-corrected chi connectivity index (χ2v) is 9.46. The molecule has 0 bridgehead atoms. The molecule has 0 aromatic rings. The number of rotatable bonds is 10. The van der Waals surface area contributed by atoms with Crippen LogP contribution in [-0.2, 0) is 23.6 Å². The summed E-state index contributed by atoms with van der Waals surface area (Å²) in [5.74, 6) is -2.22. The van der Waals surface area contributed by atoms with Gasteiger partial charge in [0, 0.05) is 0 Å². The summed E-state index contributed by atoms with van der Waals surface area (Å²) < 4.78 is 24.3. The molecule has 13 atom stereocenters. The summed E-state index contributed by atoms with van der Waals surface area (Å²) in [6.45, 7) is -3.08. The fourth-order valence-corrected chi connectivity index (χ4v) is 3.25. The van der Waals surface area contributed by atoms with Crippen molar-refractivity contribution in [2.45, 2.75) is 79.2 Å². The summed E-state index contributed by atoms with van der Waals surface area (Å²) in [6.07, 6.45) is -19.5. The van der Waals surface area contributed by atoms with Crippen molar-refractivity contribution >= 4 is 14.1 Å². The smallest absolute Gasteiger partial charge is 0.394 e. The third-order valence-corrected chi connectivity index (χ3v) is 5.49. The van der Waals surface area contributed by atoms with E-state index in [0.717, 1.165) is 0 Å². The van der Waals surface area contributed by atoms with E-state index in [1.165, 1.54) is 0 Å². The van der Waals surface area contributed by atoms with Crippen LogP contribution in [0.3, 0.4) is 0 Å². The van der Waals surface area contributed by atoms with E-state index in [2.05, 4.69) is 0 Å². The number of ether oxygens (including phenoxy) is 3. The number of phosphoric acid groups is 1. The molecular weight excluding hydrogens is 583 g/mol. The molecule has 0 amide bonds. The molecular formula is C18H37O21P. The van der Waals surface area contributed by atoms with E-state index in [1.807, 2.05) is 0 Å². The van der Waals surface area contributed by atoms with E-state index < -0.39 is 113 Å². The van der Waals surface area contributed by atoms with Gasteiger partial charge in [0.2, 0.25) is 5.79 Å². The first kappa shape index (κ1) is 39.1. The van der Waals surface area contributed by atoms with Gasteiger partial charge < -0.3 is 100 Å². The van der Waals surface area contributed by atoms with Gasteiger partial charge in [0.15, 0.2) is 12.6 Å². The van der Waals surface area contributed by atoms with Gasteiger partial charge in [-0.3, -0.25) is 0 Å². The molecule has 0 aliphatic carbocycles. The number of aliphatic hydroxyl groups excluding tert-OH is 13. The lowest BCUT2D eigenvalue weighted by Crippen LogP contribution is -2.62. The highest BCUT2D eigenvalue weighted by atomic mass is 31.2. The maximum Gasteiger partial charge on any atom is 0.466 e. The zero-order chi connectivity index (χ0) is 31.6. The highest BCUT2D eigenvalue weighted by Gasteiger charge is 2.58. The van der Waals surface area contributed by atoms with E-state index in [0.29, 0.717) is 0 Å². The fraction of sp³-hybridized carbons (Fsp3) is 0.944. The Kier molecular flexibility index (Phi) is 16.9. The van der Waals surface area contributed by atoms with Gasteiger partial charge in [-0.2, -0.15) is 0 Å². The molecule has 22 heteroatoms. The van der Waals surface area contributed by atoms with E-state index in [-0.39, 0.29) is 6.29 Å². The van der Waals surface area contributed by atoms with Gasteiger partial charge in [0.25, 0.3) is 0 Å². The summed E-state index contributed by atoms with van der Waals surface area (Å²) in [7, 11) is -4.64. The number of carbonyl (C=O) groups excluding carboxylic acids is 1. The van der Waals surface area contributed by atoms with Crippen LogP contribution in [-0.4, -0.2) is 193 Å². The van der Waals surface area contributed by atoms with Gasteiger partial charge in [-0.05, 0) is 0 Å². The summed E-state index contributed by atoms with van der Waals surface area (Å²) in [4.78, 5) is 31.5. The van der Waals surface area contributed by atoms with Crippen LogP contribution < -0.4 is 0 Å². The Morgan fingerprint density at radius 2 is 1.30 bits per heavy atom. The van der Waals surface area contributed by atoms with Gasteiger partial charge in [0.1, 0.15) is 73.8 Å². The minimum atomic E-state index is -4.64. The molecule has 2 rings (SSSR count). The van der Waals surface area contributed by atoms with Crippen molar-refractivity contribution in [3.05, 3.63) is 0 Å². The highest BCUT2D eigenvalue weighted by Crippen LogP contribution is 2.35. The normalized spacial score (nSPS) is 37.2. The van der Waals surface area contributed by atoms with Gasteiger partial charge >= 0.3 is 7.82 Å². The lowest BCUT2D eigenvalue weighted by Gasteiger charge is -2.43. The lowest BCUT2D eigenvalue weighted by molar-refractivity contribution is -0.383. The summed E-state index contributed by atoms with van der Waals surface area (Å²) in [5.41, 5.74) is 0. The van der Waals surface area contributed by atoms with Crippen LogP contribution in [0.1, 0.15) is 0 Å². The number of hydrogen-bond acceptors (Lipinski definition) is 18. The molecule has 2 heterocycles. The summed E-state index contributed by atoms with van der Waals surface area (Å²) in [6, 6.07) is 0. The van der Waals surface area contributed by atoms with Crippen molar-refractivity contribution in [3.63, 3.8) is 0 Å². The van der Waals surface area contributed by atoms with Gasteiger partial charge in [-0.1, -0.05) is 0 Å². The predicted octanol–water partition coefficient (Wildman–Crippen LogP) is -9.70. The van der Waals surface area contributed by atoms with E-state index in [9.17, 15) is 35.4 Å². The Morgan fingerprint density at radius 3 is 1.68 bits per heavy atom. The third-order valence-electron chi connectivity index (χ3n) is 5.49. The number of aliphatic hydroxyl groups is 13. The minimum Gasteiger partial charge on any atom is -0.394 e. The zero-order valence-electron chi connectivity index (χ0n) is 20.5. The van der Waals surface area contributed by atoms with Crippen molar-refractivity contribution in [1.82, 2.24) is 0 Å². The second-order valence-electron chi connectivity index (χ2n) is 8.43. The maximum absolute atomic E-state index is 10.00. The van der Waals surface area contributed by atoms with Crippen LogP contribution in [0.2, 0.25) is 0 Å². The first-order valence-corrected chi connectivity index (χ1v) is 12.7. The van der Waals surface area contributed by atoms with Crippen LogP contribution >= 0.6 is 7.82 Å². The Bertz CT molecular complexity index is 760. The molecule has 0 aromatic carbocycles. The molecule has 0 unspecified atom stereocenters. The zero-order valence-corrected chi connectivity index (χ0v) is 21.4. The van der Waals surface area contributed by atoms with Crippen molar-refractivity contribution in [2.75, 3.05) is 26.4 Å². The highest BCUT2D eigenvalue weighted by molar-refractivity contribution is 7.45. The van der Waals surface area contributed by atoms with Gasteiger partial charge in [0.05, 0.1) is 19.8 Å².